The van der Waals surface area contributed by atoms with Gasteiger partial charge in [0.15, 0.2) is 0 Å². The number of hydrogen-bond donors (Lipinski definition) is 1. The van der Waals surface area contributed by atoms with Crippen molar-refractivity contribution in [2.75, 3.05) is 0 Å². The van der Waals surface area contributed by atoms with Crippen molar-refractivity contribution in [3.8, 4) is 0 Å². The molecule has 0 aromatic rings. The second kappa shape index (κ2) is 9.43. The largest absolute Gasteiger partial charge is 0.481 e. The summed E-state index contributed by atoms with van der Waals surface area (Å²) in [5.74, 6) is 4.29. The van der Waals surface area contributed by atoms with Crippen LogP contribution in [-0.4, -0.2) is 23.1 Å². The highest BCUT2D eigenvalue weighted by atomic mass is 16.5. The monoisotopic (exact) mass is 474 g/mol. The molecule has 4 saturated carbocycles. The molecule has 4 fully saturated rings. The maximum absolute atomic E-state index is 12.4. The number of hydrogen-bond acceptors (Lipinski definition) is 3. The molecule has 194 valence electrons. The Bertz CT molecular complexity index is 778. The first-order valence-corrected chi connectivity index (χ1v) is 14.3. The number of carbonyl (C=O) groups is 2. The summed E-state index contributed by atoms with van der Waals surface area (Å²) in [7, 11) is 0. The third-order valence-electron chi connectivity index (χ3n) is 11.8. The van der Waals surface area contributed by atoms with Crippen LogP contribution in [0.1, 0.15) is 106 Å². The highest BCUT2D eigenvalue weighted by Crippen LogP contribution is 2.71. The van der Waals surface area contributed by atoms with Gasteiger partial charge >= 0.3 is 11.9 Å². The maximum atomic E-state index is 12.4. The summed E-state index contributed by atoms with van der Waals surface area (Å²) in [5, 5.41) is 9.28. The van der Waals surface area contributed by atoms with Gasteiger partial charge in [0, 0.05) is 19.3 Å². The lowest BCUT2D eigenvalue weighted by Crippen LogP contribution is -2.64. The summed E-state index contributed by atoms with van der Waals surface area (Å²) in [4.78, 5) is 23.7. The van der Waals surface area contributed by atoms with E-state index in [1.54, 1.807) is 6.92 Å². The van der Waals surface area contributed by atoms with Gasteiger partial charge in [0.2, 0.25) is 0 Å². The molecule has 4 aliphatic rings. The molecule has 0 aliphatic heterocycles. The van der Waals surface area contributed by atoms with E-state index >= 15 is 0 Å². The van der Waals surface area contributed by atoms with Gasteiger partial charge < -0.3 is 9.84 Å². The van der Waals surface area contributed by atoms with Crippen molar-refractivity contribution in [3.63, 3.8) is 0 Å². The zero-order valence-electron chi connectivity index (χ0n) is 22.8. The fourth-order valence-corrected chi connectivity index (χ4v) is 10.7. The molecule has 0 heterocycles. The van der Waals surface area contributed by atoms with Crippen LogP contribution in [-0.2, 0) is 14.3 Å². The minimum Gasteiger partial charge on any atom is -0.481 e. The molecule has 0 bridgehead atoms. The predicted molar refractivity (Wildman–Crippen MR) is 135 cm³/mol. The summed E-state index contributed by atoms with van der Waals surface area (Å²) in [5.41, 5.74) is 0.544. The molecule has 4 rings (SSSR count). The van der Waals surface area contributed by atoms with Gasteiger partial charge in [0.05, 0.1) is 0 Å². The molecule has 1 N–H and O–H groups in total. The lowest BCUT2D eigenvalue weighted by molar-refractivity contribution is -0.226. The lowest BCUT2D eigenvalue weighted by Gasteiger charge is -2.67. The molecule has 4 aliphatic carbocycles. The minimum absolute atomic E-state index is 0.0380. The molecule has 0 amide bonds. The standard InChI is InChI=1S/C30H50O4/c1-8-21-24-15-17(2)13-14-29(24,6)27-19(4)16-30(7)22(18(3)9-12-25(32)33)10-11-23(30)26(27)28(21)34-20(5)31/h17-19,21-24,26-28H,8-16H2,1-7H3,(H,32,33)/t17-,18-,19+,21-,22-,23?,24+,26?,27?,28-,29+,30-/m1/s1. The first kappa shape index (κ1) is 26.0. The van der Waals surface area contributed by atoms with E-state index in [1.165, 1.54) is 38.5 Å². The van der Waals surface area contributed by atoms with Crippen molar-refractivity contribution < 1.29 is 19.4 Å². The van der Waals surface area contributed by atoms with Gasteiger partial charge in [-0.05, 0) is 103 Å². The van der Waals surface area contributed by atoms with Crippen LogP contribution in [0.5, 0.6) is 0 Å². The number of rotatable bonds is 6. The van der Waals surface area contributed by atoms with E-state index in [-0.39, 0.29) is 23.9 Å². The average molecular weight is 475 g/mol. The van der Waals surface area contributed by atoms with Gasteiger partial charge in [-0.3, -0.25) is 9.59 Å². The predicted octanol–water partition coefficient (Wildman–Crippen LogP) is 7.21. The molecular formula is C30H50O4. The van der Waals surface area contributed by atoms with E-state index < -0.39 is 5.97 Å². The number of fused-ring (bicyclic) bond motifs is 5. The molecule has 34 heavy (non-hydrogen) atoms. The van der Waals surface area contributed by atoms with E-state index in [2.05, 4.69) is 41.5 Å². The highest BCUT2D eigenvalue weighted by Gasteiger charge is 2.67. The van der Waals surface area contributed by atoms with Crippen LogP contribution in [0.2, 0.25) is 0 Å². The number of carboxylic acids is 1. The van der Waals surface area contributed by atoms with Gasteiger partial charge in [-0.25, -0.2) is 0 Å². The van der Waals surface area contributed by atoms with Crippen molar-refractivity contribution >= 4 is 11.9 Å². The highest BCUT2D eigenvalue weighted by molar-refractivity contribution is 5.66. The summed E-state index contributed by atoms with van der Waals surface area (Å²) in [6.07, 6.45) is 9.72. The third-order valence-corrected chi connectivity index (χ3v) is 11.8. The van der Waals surface area contributed by atoms with Gasteiger partial charge in [0.1, 0.15) is 6.10 Å². The maximum Gasteiger partial charge on any atom is 0.303 e. The van der Waals surface area contributed by atoms with E-state index in [0.717, 1.165) is 18.8 Å². The normalized spacial score (nSPS) is 48.9. The molecule has 4 heteroatoms. The summed E-state index contributed by atoms with van der Waals surface area (Å²) in [6, 6.07) is 0. The van der Waals surface area contributed by atoms with Gasteiger partial charge in [-0.2, -0.15) is 0 Å². The van der Waals surface area contributed by atoms with E-state index in [0.29, 0.717) is 52.8 Å². The molecule has 0 saturated heterocycles. The van der Waals surface area contributed by atoms with Crippen molar-refractivity contribution in [2.45, 2.75) is 112 Å². The van der Waals surface area contributed by atoms with Crippen LogP contribution < -0.4 is 0 Å². The summed E-state index contributed by atoms with van der Waals surface area (Å²) < 4.78 is 6.35. The van der Waals surface area contributed by atoms with Crippen LogP contribution in [0.4, 0.5) is 0 Å². The number of aliphatic carboxylic acids is 1. The van der Waals surface area contributed by atoms with Crippen molar-refractivity contribution in [1.82, 2.24) is 0 Å². The van der Waals surface area contributed by atoms with E-state index in [4.69, 9.17) is 4.74 Å². The summed E-state index contributed by atoms with van der Waals surface area (Å²) in [6.45, 7) is 16.2. The third kappa shape index (κ3) is 4.13. The lowest BCUT2D eigenvalue weighted by atomic mass is 9.39. The van der Waals surface area contributed by atoms with Gasteiger partial charge in [0.25, 0.3) is 0 Å². The quantitative estimate of drug-likeness (QED) is 0.413. The van der Waals surface area contributed by atoms with Gasteiger partial charge in [-0.1, -0.05) is 48.0 Å². The Hall–Kier alpha value is -1.06. The van der Waals surface area contributed by atoms with Crippen LogP contribution in [0.3, 0.4) is 0 Å². The van der Waals surface area contributed by atoms with Crippen molar-refractivity contribution in [1.29, 1.82) is 0 Å². The Morgan fingerprint density at radius 2 is 1.79 bits per heavy atom. The van der Waals surface area contributed by atoms with Crippen molar-refractivity contribution in [2.24, 2.45) is 64.1 Å². The second-order valence-corrected chi connectivity index (χ2v) is 13.6. The average Bonchev–Trinajstić information content (AvgIpc) is 3.09. The first-order valence-electron chi connectivity index (χ1n) is 14.3. The minimum atomic E-state index is -0.679. The smallest absolute Gasteiger partial charge is 0.303 e. The second-order valence-electron chi connectivity index (χ2n) is 13.6. The Morgan fingerprint density at radius 1 is 1.09 bits per heavy atom. The molecule has 0 radical (unpaired) electrons. The Kier molecular flexibility index (Phi) is 7.22. The van der Waals surface area contributed by atoms with E-state index in [1.807, 2.05) is 0 Å². The molecule has 3 unspecified atom stereocenters. The van der Waals surface area contributed by atoms with Crippen LogP contribution in [0, 0.1) is 64.1 Å². The zero-order chi connectivity index (χ0) is 25.0. The van der Waals surface area contributed by atoms with Crippen LogP contribution in [0.15, 0.2) is 0 Å². The van der Waals surface area contributed by atoms with Crippen molar-refractivity contribution in [3.05, 3.63) is 0 Å². The molecule has 0 aromatic carbocycles. The Labute approximate surface area is 208 Å². The zero-order valence-corrected chi connectivity index (χ0v) is 22.8. The summed E-state index contributed by atoms with van der Waals surface area (Å²) >= 11 is 0. The SMILES string of the molecule is CC[C@H]1[C@@H](OC(C)=O)C2C3CC[C@H]([C@H](C)CCC(=O)O)[C@@]3(C)C[C@H](C)C2[C@@]2(C)CC[C@@H](C)C[C@@H]12. The molecule has 0 aromatic heterocycles. The fourth-order valence-electron chi connectivity index (χ4n) is 10.7. The number of esters is 1. The molecule has 4 nitrogen and oxygen atoms in total. The van der Waals surface area contributed by atoms with E-state index in [9.17, 15) is 14.7 Å². The van der Waals surface area contributed by atoms with Crippen LogP contribution in [0.25, 0.3) is 0 Å². The number of carbonyl (C=O) groups excluding carboxylic acids is 1. The fraction of sp³-hybridized carbons (Fsp3) is 0.933. The molecule has 0 spiro atoms. The van der Waals surface area contributed by atoms with Gasteiger partial charge in [-0.15, -0.1) is 0 Å². The number of ether oxygens (including phenoxy) is 1. The Morgan fingerprint density at radius 3 is 2.41 bits per heavy atom. The first-order chi connectivity index (χ1) is 15.9. The van der Waals surface area contributed by atoms with Crippen LogP contribution >= 0.6 is 0 Å². The topological polar surface area (TPSA) is 63.6 Å². The molecular weight excluding hydrogens is 424 g/mol. The Balaban J connectivity index is 1.73. The molecule has 12 atom stereocenters. The number of carboxylic acid groups (broad SMARTS) is 1.